The van der Waals surface area contributed by atoms with Crippen molar-refractivity contribution in [1.82, 2.24) is 25.1 Å². The first kappa shape index (κ1) is 22.9. The fourth-order valence-corrected chi connectivity index (χ4v) is 3.42. The molecule has 9 heteroatoms. The van der Waals surface area contributed by atoms with E-state index >= 15 is 0 Å². The Morgan fingerprint density at radius 2 is 1.88 bits per heavy atom. The van der Waals surface area contributed by atoms with Gasteiger partial charge in [0.25, 0.3) is 5.56 Å². The molecule has 2 amide bonds. The van der Waals surface area contributed by atoms with E-state index in [0.717, 1.165) is 6.42 Å². The molecule has 3 aromatic rings. The van der Waals surface area contributed by atoms with Crippen LogP contribution in [0.4, 0.5) is 5.82 Å². The fourth-order valence-electron chi connectivity index (χ4n) is 3.42. The smallest absolute Gasteiger partial charge is 0.314 e. The Morgan fingerprint density at radius 3 is 2.53 bits per heavy atom. The Labute approximate surface area is 186 Å². The van der Waals surface area contributed by atoms with Gasteiger partial charge in [-0.25, -0.2) is 4.98 Å². The summed E-state index contributed by atoms with van der Waals surface area (Å²) in [5, 5.41) is 9.57. The lowest BCUT2D eigenvalue weighted by molar-refractivity contribution is -0.136. The first-order chi connectivity index (χ1) is 15.3. The fraction of sp³-hybridized carbons (Fsp3) is 0.348. The number of aromatic amines is 1. The van der Waals surface area contributed by atoms with Crippen LogP contribution < -0.4 is 16.2 Å². The van der Waals surface area contributed by atoms with Crippen LogP contribution in [0.25, 0.3) is 5.95 Å². The molecule has 168 valence electrons. The lowest BCUT2D eigenvalue weighted by Gasteiger charge is -2.14. The standard InChI is InChI=1S/C23H28N6O3/c1-5-18-16(4)25-23(27-20(18)30)29-19(13-15(3)28-29)26-22(32)21(31)24-14(2)11-12-17-9-7-6-8-10-17/h6-10,13-14H,5,11-12H2,1-4H3,(H,24,31)(H,26,32)(H,25,27,30). The van der Waals surface area contributed by atoms with Crippen molar-refractivity contribution in [2.24, 2.45) is 0 Å². The topological polar surface area (TPSA) is 122 Å². The molecule has 0 aliphatic carbocycles. The van der Waals surface area contributed by atoms with Gasteiger partial charge in [0, 0.05) is 23.4 Å². The maximum atomic E-state index is 12.5. The number of hydrogen-bond donors (Lipinski definition) is 3. The number of rotatable bonds is 7. The summed E-state index contributed by atoms with van der Waals surface area (Å²) >= 11 is 0. The molecule has 0 saturated carbocycles. The van der Waals surface area contributed by atoms with Crippen LogP contribution in [0.5, 0.6) is 0 Å². The summed E-state index contributed by atoms with van der Waals surface area (Å²) in [6, 6.07) is 11.4. The molecule has 2 heterocycles. The second kappa shape index (κ2) is 10.0. The monoisotopic (exact) mass is 436 g/mol. The van der Waals surface area contributed by atoms with Crippen molar-refractivity contribution in [3.8, 4) is 5.95 Å². The molecule has 3 N–H and O–H groups in total. The number of nitrogens with one attached hydrogen (secondary N) is 3. The van der Waals surface area contributed by atoms with Crippen molar-refractivity contribution in [3.05, 3.63) is 69.3 Å². The summed E-state index contributed by atoms with van der Waals surface area (Å²) in [5.41, 5.74) is 2.68. The van der Waals surface area contributed by atoms with E-state index in [2.05, 4.69) is 25.7 Å². The molecule has 0 bridgehead atoms. The van der Waals surface area contributed by atoms with Crippen LogP contribution in [0.2, 0.25) is 0 Å². The van der Waals surface area contributed by atoms with Gasteiger partial charge in [-0.1, -0.05) is 37.3 Å². The molecule has 0 radical (unpaired) electrons. The van der Waals surface area contributed by atoms with Gasteiger partial charge in [0.2, 0.25) is 5.95 Å². The first-order valence-corrected chi connectivity index (χ1v) is 10.6. The van der Waals surface area contributed by atoms with Crippen LogP contribution in [0.1, 0.15) is 42.8 Å². The third-order valence-corrected chi connectivity index (χ3v) is 5.13. The quantitative estimate of drug-likeness (QED) is 0.490. The van der Waals surface area contributed by atoms with Crippen molar-refractivity contribution >= 4 is 17.6 Å². The number of nitrogens with zero attached hydrogens (tertiary/aromatic N) is 3. The second-order valence-corrected chi connectivity index (χ2v) is 7.74. The molecule has 32 heavy (non-hydrogen) atoms. The van der Waals surface area contributed by atoms with Gasteiger partial charge >= 0.3 is 11.8 Å². The molecule has 1 aromatic carbocycles. The second-order valence-electron chi connectivity index (χ2n) is 7.74. The summed E-state index contributed by atoms with van der Waals surface area (Å²) in [6.07, 6.45) is 2.05. The average molecular weight is 437 g/mol. The Kier molecular flexibility index (Phi) is 7.19. The Morgan fingerprint density at radius 1 is 1.16 bits per heavy atom. The SMILES string of the molecule is CCc1c(C)nc(-n2nc(C)cc2NC(=O)C(=O)NC(C)CCc2ccccc2)[nH]c1=O. The van der Waals surface area contributed by atoms with Gasteiger partial charge in [0.1, 0.15) is 5.82 Å². The molecule has 0 saturated heterocycles. The predicted molar refractivity (Wildman–Crippen MR) is 122 cm³/mol. The van der Waals surface area contributed by atoms with Gasteiger partial charge in [-0.05, 0) is 45.6 Å². The Bertz CT molecular complexity index is 1170. The summed E-state index contributed by atoms with van der Waals surface area (Å²) in [4.78, 5) is 44.3. The maximum Gasteiger partial charge on any atom is 0.314 e. The van der Waals surface area contributed by atoms with Gasteiger partial charge in [-0.3, -0.25) is 19.4 Å². The Hall–Kier alpha value is -3.75. The minimum absolute atomic E-state index is 0.171. The van der Waals surface area contributed by atoms with E-state index in [1.165, 1.54) is 10.2 Å². The van der Waals surface area contributed by atoms with E-state index in [-0.39, 0.29) is 23.4 Å². The third-order valence-electron chi connectivity index (χ3n) is 5.13. The summed E-state index contributed by atoms with van der Waals surface area (Å²) in [7, 11) is 0. The molecule has 0 fully saturated rings. The summed E-state index contributed by atoms with van der Waals surface area (Å²) in [5.74, 6) is -1.15. The lowest BCUT2D eigenvalue weighted by Crippen LogP contribution is -2.41. The number of benzene rings is 1. The van der Waals surface area contributed by atoms with Crippen molar-refractivity contribution in [2.45, 2.75) is 53.0 Å². The molecule has 0 aliphatic rings. The molecule has 0 spiro atoms. The third kappa shape index (κ3) is 5.48. The highest BCUT2D eigenvalue weighted by Gasteiger charge is 2.20. The number of aromatic nitrogens is 4. The number of anilines is 1. The summed E-state index contributed by atoms with van der Waals surface area (Å²) in [6.45, 7) is 7.22. The van der Waals surface area contributed by atoms with Crippen molar-refractivity contribution < 1.29 is 9.59 Å². The molecule has 2 aromatic heterocycles. The number of carbonyl (C=O) groups excluding carboxylic acids is 2. The molecule has 1 unspecified atom stereocenters. The highest BCUT2D eigenvalue weighted by molar-refractivity contribution is 6.39. The number of carbonyl (C=O) groups is 2. The number of H-pyrrole nitrogens is 1. The highest BCUT2D eigenvalue weighted by atomic mass is 16.2. The van der Waals surface area contributed by atoms with Gasteiger partial charge in [-0.15, -0.1) is 0 Å². The minimum atomic E-state index is -0.818. The van der Waals surface area contributed by atoms with Gasteiger partial charge in [-0.2, -0.15) is 9.78 Å². The van der Waals surface area contributed by atoms with Crippen LogP contribution in [0.3, 0.4) is 0 Å². The van der Waals surface area contributed by atoms with Crippen molar-refractivity contribution in [3.63, 3.8) is 0 Å². The van der Waals surface area contributed by atoms with Crippen LogP contribution in [0.15, 0.2) is 41.2 Å². The molecular weight excluding hydrogens is 408 g/mol. The van der Waals surface area contributed by atoms with E-state index < -0.39 is 11.8 Å². The van der Waals surface area contributed by atoms with E-state index in [0.29, 0.717) is 29.8 Å². The highest BCUT2D eigenvalue weighted by Crippen LogP contribution is 2.15. The van der Waals surface area contributed by atoms with E-state index in [1.807, 2.05) is 44.2 Å². The number of aryl methyl sites for hydroxylation is 3. The van der Waals surface area contributed by atoms with Crippen LogP contribution in [-0.2, 0) is 22.4 Å². The van der Waals surface area contributed by atoms with Crippen LogP contribution in [-0.4, -0.2) is 37.6 Å². The first-order valence-electron chi connectivity index (χ1n) is 10.6. The average Bonchev–Trinajstić information content (AvgIpc) is 3.12. The predicted octanol–water partition coefficient (Wildman–Crippen LogP) is 2.21. The maximum absolute atomic E-state index is 12.5. The normalized spacial score (nSPS) is 11.8. The summed E-state index contributed by atoms with van der Waals surface area (Å²) < 4.78 is 1.31. The zero-order chi connectivity index (χ0) is 23.3. The van der Waals surface area contributed by atoms with E-state index in [9.17, 15) is 14.4 Å². The number of amides is 2. The van der Waals surface area contributed by atoms with Gasteiger partial charge in [0.05, 0.1) is 5.69 Å². The molecule has 0 aliphatic heterocycles. The number of hydrogen-bond acceptors (Lipinski definition) is 5. The lowest BCUT2D eigenvalue weighted by atomic mass is 10.1. The molecular formula is C23H28N6O3. The zero-order valence-electron chi connectivity index (χ0n) is 18.7. The van der Waals surface area contributed by atoms with Crippen LogP contribution >= 0.6 is 0 Å². The van der Waals surface area contributed by atoms with Gasteiger partial charge in [0.15, 0.2) is 0 Å². The molecule has 1 atom stereocenters. The largest absolute Gasteiger partial charge is 0.345 e. The van der Waals surface area contributed by atoms with Crippen LogP contribution in [0, 0.1) is 13.8 Å². The zero-order valence-corrected chi connectivity index (χ0v) is 18.7. The minimum Gasteiger partial charge on any atom is -0.345 e. The molecule has 9 nitrogen and oxygen atoms in total. The van der Waals surface area contributed by atoms with E-state index in [1.54, 1.807) is 19.9 Å². The van der Waals surface area contributed by atoms with Crippen molar-refractivity contribution in [2.75, 3.05) is 5.32 Å². The van der Waals surface area contributed by atoms with Gasteiger partial charge < -0.3 is 10.6 Å². The Balaban J connectivity index is 1.68. The van der Waals surface area contributed by atoms with E-state index in [4.69, 9.17) is 0 Å². The molecule has 3 rings (SSSR count). The van der Waals surface area contributed by atoms with Crippen molar-refractivity contribution in [1.29, 1.82) is 0 Å².